The molecule has 0 aliphatic heterocycles. The molecule has 0 spiro atoms. The molecule has 0 unspecified atom stereocenters. The Balaban J connectivity index is 2.56. The molecule has 0 saturated carbocycles. The highest BCUT2D eigenvalue weighted by Crippen LogP contribution is 2.16. The smallest absolute Gasteiger partial charge is 0.405 e. The van der Waals surface area contributed by atoms with Crippen molar-refractivity contribution in [2.45, 2.75) is 13.5 Å². The van der Waals surface area contributed by atoms with Crippen LogP contribution in [-0.2, 0) is 11.3 Å². The second kappa shape index (κ2) is 5.01. The molecule has 5 N–H and O–H groups in total. The topological polar surface area (TPSA) is 122 Å². The molecule has 0 fully saturated rings. The van der Waals surface area contributed by atoms with E-state index in [1.165, 1.54) is 10.9 Å². The first-order chi connectivity index (χ1) is 7.54. The lowest BCUT2D eigenvalue weighted by Gasteiger charge is -2.04. The SMILES string of the molecule is CCn1ncc(NC(=O)CNC(=O)O)c1N. The Morgan fingerprint density at radius 3 is 2.81 bits per heavy atom. The van der Waals surface area contributed by atoms with E-state index in [1.54, 1.807) is 0 Å². The van der Waals surface area contributed by atoms with Crippen LogP contribution in [0.4, 0.5) is 16.3 Å². The molecule has 0 saturated heterocycles. The molecule has 0 atom stereocenters. The van der Waals surface area contributed by atoms with Crippen LogP contribution in [0.3, 0.4) is 0 Å². The fourth-order valence-corrected chi connectivity index (χ4v) is 1.09. The zero-order valence-corrected chi connectivity index (χ0v) is 8.73. The van der Waals surface area contributed by atoms with Crippen molar-refractivity contribution in [1.29, 1.82) is 0 Å². The minimum atomic E-state index is -1.26. The van der Waals surface area contributed by atoms with Crippen molar-refractivity contribution in [2.75, 3.05) is 17.6 Å². The number of nitrogen functional groups attached to an aromatic ring is 1. The lowest BCUT2D eigenvalue weighted by Crippen LogP contribution is -2.31. The first kappa shape index (κ1) is 11.8. The summed E-state index contributed by atoms with van der Waals surface area (Å²) in [6.07, 6.45) is 0.157. The normalized spacial score (nSPS) is 9.81. The highest BCUT2D eigenvalue weighted by molar-refractivity contribution is 5.95. The van der Waals surface area contributed by atoms with Crippen LogP contribution in [0, 0.1) is 0 Å². The maximum absolute atomic E-state index is 11.2. The first-order valence-corrected chi connectivity index (χ1v) is 4.62. The summed E-state index contributed by atoms with van der Waals surface area (Å²) in [6.45, 7) is 2.13. The van der Waals surface area contributed by atoms with Crippen molar-refractivity contribution < 1.29 is 14.7 Å². The van der Waals surface area contributed by atoms with Crippen LogP contribution in [0.2, 0.25) is 0 Å². The Morgan fingerprint density at radius 1 is 1.62 bits per heavy atom. The van der Waals surface area contributed by atoms with Crippen LogP contribution in [0.1, 0.15) is 6.92 Å². The summed E-state index contributed by atoms with van der Waals surface area (Å²) in [5.74, 6) is -0.157. The van der Waals surface area contributed by atoms with Gasteiger partial charge in [-0.3, -0.25) is 4.79 Å². The lowest BCUT2D eigenvalue weighted by molar-refractivity contribution is -0.115. The van der Waals surface area contributed by atoms with Gasteiger partial charge in [0.2, 0.25) is 5.91 Å². The zero-order chi connectivity index (χ0) is 12.1. The molecule has 0 bridgehead atoms. The van der Waals surface area contributed by atoms with Gasteiger partial charge in [0.05, 0.1) is 6.20 Å². The fraction of sp³-hybridized carbons (Fsp3) is 0.375. The van der Waals surface area contributed by atoms with E-state index in [-0.39, 0.29) is 6.54 Å². The van der Waals surface area contributed by atoms with Crippen LogP contribution >= 0.6 is 0 Å². The Labute approximate surface area is 91.4 Å². The summed E-state index contributed by atoms with van der Waals surface area (Å²) in [6, 6.07) is 0. The predicted molar refractivity (Wildman–Crippen MR) is 57.0 cm³/mol. The minimum Gasteiger partial charge on any atom is -0.465 e. The Bertz CT molecular complexity index is 400. The highest BCUT2D eigenvalue weighted by atomic mass is 16.4. The minimum absolute atomic E-state index is 0.327. The van der Waals surface area contributed by atoms with Crippen LogP contribution in [0.5, 0.6) is 0 Å². The number of nitrogens with two attached hydrogens (primary N) is 1. The van der Waals surface area contributed by atoms with Crippen LogP contribution in [-0.4, -0.2) is 33.4 Å². The fourth-order valence-electron chi connectivity index (χ4n) is 1.09. The molecule has 8 nitrogen and oxygen atoms in total. The lowest BCUT2D eigenvalue weighted by atomic mass is 10.4. The van der Waals surface area contributed by atoms with Gasteiger partial charge < -0.3 is 21.5 Å². The molecule has 1 rings (SSSR count). The number of carbonyl (C=O) groups is 2. The standard InChI is InChI=1S/C8H13N5O3/c1-2-13-7(9)5(3-11-13)12-6(14)4-10-8(15)16/h3,10H,2,4,9H2,1H3,(H,12,14)(H,15,16). The quantitative estimate of drug-likeness (QED) is 0.562. The van der Waals surface area contributed by atoms with Crippen molar-refractivity contribution in [1.82, 2.24) is 15.1 Å². The number of hydrogen-bond acceptors (Lipinski definition) is 4. The number of nitrogens with zero attached hydrogens (tertiary/aromatic N) is 2. The van der Waals surface area contributed by atoms with Crippen molar-refractivity contribution >= 4 is 23.5 Å². The second-order valence-electron chi connectivity index (χ2n) is 2.97. The van der Waals surface area contributed by atoms with Gasteiger partial charge in [-0.15, -0.1) is 0 Å². The molecule has 0 radical (unpaired) electrons. The summed E-state index contributed by atoms with van der Waals surface area (Å²) in [5, 5.41) is 16.6. The number of hydrogen-bond donors (Lipinski definition) is 4. The van der Waals surface area contributed by atoms with E-state index in [1.807, 2.05) is 12.2 Å². The predicted octanol–water partition coefficient (Wildman–Crippen LogP) is -0.309. The molecule has 16 heavy (non-hydrogen) atoms. The maximum Gasteiger partial charge on any atom is 0.405 e. The van der Waals surface area contributed by atoms with Crippen molar-refractivity contribution in [3.8, 4) is 0 Å². The zero-order valence-electron chi connectivity index (χ0n) is 8.73. The largest absolute Gasteiger partial charge is 0.465 e. The molecule has 0 aromatic carbocycles. The highest BCUT2D eigenvalue weighted by Gasteiger charge is 2.10. The van der Waals surface area contributed by atoms with Crippen molar-refractivity contribution in [2.24, 2.45) is 0 Å². The molecule has 1 heterocycles. The molecule has 1 aromatic heterocycles. The third kappa shape index (κ3) is 2.87. The maximum atomic E-state index is 11.2. The monoisotopic (exact) mass is 227 g/mol. The Hall–Kier alpha value is -2.25. The first-order valence-electron chi connectivity index (χ1n) is 4.62. The van der Waals surface area contributed by atoms with Gasteiger partial charge in [-0.25, -0.2) is 9.48 Å². The third-order valence-electron chi connectivity index (χ3n) is 1.85. The summed E-state index contributed by atoms with van der Waals surface area (Å²) < 4.78 is 1.51. The van der Waals surface area contributed by atoms with Crippen LogP contribution in [0.15, 0.2) is 6.20 Å². The molecule has 1 aromatic rings. The van der Waals surface area contributed by atoms with E-state index in [0.717, 1.165) is 0 Å². The third-order valence-corrected chi connectivity index (χ3v) is 1.85. The molecular formula is C8H13N5O3. The van der Waals surface area contributed by atoms with Gasteiger partial charge in [-0.2, -0.15) is 5.10 Å². The molecule has 0 aliphatic carbocycles. The van der Waals surface area contributed by atoms with Crippen LogP contribution in [0.25, 0.3) is 0 Å². The van der Waals surface area contributed by atoms with Gasteiger partial charge >= 0.3 is 6.09 Å². The Morgan fingerprint density at radius 2 is 2.31 bits per heavy atom. The van der Waals surface area contributed by atoms with Crippen LogP contribution < -0.4 is 16.4 Å². The number of anilines is 2. The van der Waals surface area contributed by atoms with E-state index in [9.17, 15) is 9.59 Å². The number of aryl methyl sites for hydroxylation is 1. The van der Waals surface area contributed by atoms with Gasteiger partial charge in [0.1, 0.15) is 18.1 Å². The number of aromatic nitrogens is 2. The molecule has 2 amide bonds. The van der Waals surface area contributed by atoms with E-state index in [2.05, 4.69) is 10.4 Å². The average Bonchev–Trinajstić information content (AvgIpc) is 2.57. The molecule has 88 valence electrons. The summed E-state index contributed by atoms with van der Waals surface area (Å²) in [5.41, 5.74) is 6.04. The van der Waals surface area contributed by atoms with E-state index >= 15 is 0 Å². The average molecular weight is 227 g/mol. The number of carbonyl (C=O) groups excluding carboxylic acids is 1. The summed E-state index contributed by atoms with van der Waals surface area (Å²) >= 11 is 0. The summed E-state index contributed by atoms with van der Waals surface area (Å²) in [7, 11) is 0. The molecule has 8 heteroatoms. The van der Waals surface area contributed by atoms with Gasteiger partial charge in [0.15, 0.2) is 0 Å². The Kier molecular flexibility index (Phi) is 3.70. The summed E-state index contributed by atoms with van der Waals surface area (Å²) in [4.78, 5) is 21.4. The van der Waals surface area contributed by atoms with Gasteiger partial charge in [-0.1, -0.05) is 0 Å². The second-order valence-corrected chi connectivity index (χ2v) is 2.97. The van der Waals surface area contributed by atoms with Crippen molar-refractivity contribution in [3.05, 3.63) is 6.20 Å². The number of nitrogens with one attached hydrogen (secondary N) is 2. The molecule has 0 aliphatic rings. The van der Waals surface area contributed by atoms with Gasteiger partial charge in [0.25, 0.3) is 0 Å². The molecular weight excluding hydrogens is 214 g/mol. The number of carboxylic acid groups (broad SMARTS) is 1. The number of amides is 2. The van der Waals surface area contributed by atoms with E-state index in [4.69, 9.17) is 10.8 Å². The van der Waals surface area contributed by atoms with E-state index < -0.39 is 12.0 Å². The van der Waals surface area contributed by atoms with Crippen molar-refractivity contribution in [3.63, 3.8) is 0 Å². The van der Waals surface area contributed by atoms with Gasteiger partial charge in [0, 0.05) is 6.54 Å². The van der Waals surface area contributed by atoms with E-state index in [0.29, 0.717) is 18.1 Å². The number of rotatable bonds is 4. The van der Waals surface area contributed by atoms with Gasteiger partial charge in [-0.05, 0) is 6.92 Å².